The minimum absolute atomic E-state index is 0.0578. The van der Waals surface area contributed by atoms with Crippen molar-refractivity contribution in [2.45, 2.75) is 25.4 Å². The lowest BCUT2D eigenvalue weighted by molar-refractivity contribution is -0.584. The Kier molecular flexibility index (Phi) is 2.58. The molecule has 1 N–H and O–H groups in total. The van der Waals surface area contributed by atoms with Gasteiger partial charge < -0.3 is 14.8 Å². The molecule has 1 aliphatic carbocycles. The zero-order chi connectivity index (χ0) is 17.3. The first kappa shape index (κ1) is 14.3. The molecule has 0 radical (unpaired) electrons. The van der Waals surface area contributed by atoms with E-state index in [9.17, 15) is 14.7 Å². The quantitative estimate of drug-likeness (QED) is 0.439. The average Bonchev–Trinajstić information content (AvgIpc) is 3.04. The molecule has 1 aliphatic rings. The van der Waals surface area contributed by atoms with Crippen LogP contribution in [-0.2, 0) is 5.60 Å². The first-order valence-electron chi connectivity index (χ1n) is 7.74. The number of benzene rings is 1. The predicted molar refractivity (Wildman–Crippen MR) is 82.8 cm³/mol. The molecule has 126 valence electrons. The van der Waals surface area contributed by atoms with Gasteiger partial charge in [0, 0.05) is 6.92 Å². The third-order valence-electron chi connectivity index (χ3n) is 4.60. The molecule has 0 spiro atoms. The summed E-state index contributed by atoms with van der Waals surface area (Å²) in [7, 11) is 0. The lowest BCUT2D eigenvalue weighted by Crippen LogP contribution is -2.33. The van der Waals surface area contributed by atoms with E-state index in [4.69, 9.17) is 4.52 Å². The molecular formula is C16H12FN5O3. The van der Waals surface area contributed by atoms with Crippen molar-refractivity contribution in [1.29, 1.82) is 0 Å². The summed E-state index contributed by atoms with van der Waals surface area (Å²) in [5.74, 6) is -0.287. The largest absolute Gasteiger partial charge is 0.618 e. The van der Waals surface area contributed by atoms with Gasteiger partial charge in [0.1, 0.15) is 28.7 Å². The van der Waals surface area contributed by atoms with E-state index < -0.39 is 11.4 Å². The van der Waals surface area contributed by atoms with Crippen molar-refractivity contribution in [3.05, 3.63) is 47.1 Å². The normalized spacial score (nSPS) is 16.0. The molecule has 3 heterocycles. The number of fused-ring (bicyclic) bond motifs is 3. The Morgan fingerprint density at radius 3 is 2.96 bits per heavy atom. The van der Waals surface area contributed by atoms with Crippen molar-refractivity contribution in [3.8, 4) is 11.5 Å². The second-order valence-corrected chi connectivity index (χ2v) is 6.25. The number of imidazole rings is 1. The zero-order valence-corrected chi connectivity index (χ0v) is 13.1. The summed E-state index contributed by atoms with van der Waals surface area (Å²) in [6, 6.07) is 4.40. The Morgan fingerprint density at radius 2 is 2.20 bits per heavy atom. The minimum atomic E-state index is -1.05. The Hall–Kier alpha value is -3.07. The molecule has 8 nitrogen and oxygen atoms in total. The van der Waals surface area contributed by atoms with Gasteiger partial charge in [-0.15, -0.1) is 0 Å². The van der Waals surface area contributed by atoms with Crippen molar-refractivity contribution in [3.63, 3.8) is 0 Å². The van der Waals surface area contributed by atoms with Gasteiger partial charge in [-0.25, -0.2) is 4.98 Å². The molecule has 1 aromatic carbocycles. The summed E-state index contributed by atoms with van der Waals surface area (Å²) in [5, 5.41) is 26.5. The molecule has 0 amide bonds. The number of hydrogen-bond donors (Lipinski definition) is 1. The number of halogens is 1. The molecular weight excluding hydrogens is 329 g/mol. The molecule has 4 aromatic rings. The maximum Gasteiger partial charge on any atom is 0.277 e. The van der Waals surface area contributed by atoms with Crippen LogP contribution in [0.5, 0.6) is 0 Å². The maximum absolute atomic E-state index is 14.1. The van der Waals surface area contributed by atoms with E-state index in [0.29, 0.717) is 34.3 Å². The van der Waals surface area contributed by atoms with Crippen LogP contribution in [0.25, 0.3) is 28.1 Å². The smallest absolute Gasteiger partial charge is 0.277 e. The summed E-state index contributed by atoms with van der Waals surface area (Å²) < 4.78 is 21.4. The van der Waals surface area contributed by atoms with Gasteiger partial charge in [0.05, 0.1) is 0 Å². The van der Waals surface area contributed by atoms with Gasteiger partial charge in [-0.05, 0) is 25.0 Å². The van der Waals surface area contributed by atoms with Gasteiger partial charge in [-0.3, -0.25) is 4.40 Å². The first-order valence-corrected chi connectivity index (χ1v) is 7.74. The SMILES string of the molecule is Cc1c2c(-c3noc(C4(O)CC4)n3)ncn2c2cccc(F)c2[n+]1[O-]. The molecule has 9 heteroatoms. The van der Waals surface area contributed by atoms with Gasteiger partial charge in [0.2, 0.25) is 11.5 Å². The molecule has 1 saturated carbocycles. The van der Waals surface area contributed by atoms with E-state index in [1.165, 1.54) is 18.5 Å². The van der Waals surface area contributed by atoms with E-state index in [2.05, 4.69) is 15.1 Å². The van der Waals surface area contributed by atoms with E-state index in [1.807, 2.05) is 0 Å². The number of aromatic nitrogens is 5. The summed E-state index contributed by atoms with van der Waals surface area (Å²) in [4.78, 5) is 8.50. The summed E-state index contributed by atoms with van der Waals surface area (Å²) in [6.45, 7) is 1.58. The number of rotatable bonds is 2. The third kappa shape index (κ3) is 1.84. The molecule has 1 fully saturated rings. The van der Waals surface area contributed by atoms with Crippen LogP contribution in [0.4, 0.5) is 4.39 Å². The van der Waals surface area contributed by atoms with Crippen molar-refractivity contribution in [2.24, 2.45) is 0 Å². The van der Waals surface area contributed by atoms with E-state index >= 15 is 0 Å². The summed E-state index contributed by atoms with van der Waals surface area (Å²) >= 11 is 0. The van der Waals surface area contributed by atoms with Crippen molar-refractivity contribution < 1.29 is 18.8 Å². The number of nitrogens with zero attached hydrogens (tertiary/aromatic N) is 5. The van der Waals surface area contributed by atoms with Crippen molar-refractivity contribution in [2.75, 3.05) is 0 Å². The second kappa shape index (κ2) is 4.51. The molecule has 0 unspecified atom stereocenters. The summed E-state index contributed by atoms with van der Waals surface area (Å²) in [6.07, 6.45) is 2.63. The standard InChI is InChI=1S/C16H12FN5O3/c1-8-12-11(14-19-15(25-20-14)16(23)5-6-16)18-7-21(12)10-4-2-3-9(17)13(10)22(8)24/h2-4,7,23H,5-6H2,1H3. The molecule has 0 bridgehead atoms. The molecule has 3 aromatic heterocycles. The highest BCUT2D eigenvalue weighted by molar-refractivity contribution is 5.82. The molecule has 25 heavy (non-hydrogen) atoms. The maximum atomic E-state index is 14.1. The fraction of sp³-hybridized carbons (Fsp3) is 0.250. The van der Waals surface area contributed by atoms with Crippen molar-refractivity contribution >= 4 is 16.6 Å². The number of hydrogen-bond acceptors (Lipinski definition) is 6. The predicted octanol–water partition coefficient (Wildman–Crippen LogP) is 1.60. The van der Waals surface area contributed by atoms with Crippen LogP contribution in [-0.4, -0.2) is 24.6 Å². The highest BCUT2D eigenvalue weighted by atomic mass is 19.1. The van der Waals surface area contributed by atoms with Crippen LogP contribution in [0.2, 0.25) is 0 Å². The molecule has 0 aliphatic heterocycles. The van der Waals surface area contributed by atoms with Gasteiger partial charge in [0.25, 0.3) is 11.4 Å². The highest BCUT2D eigenvalue weighted by Gasteiger charge is 2.48. The Bertz CT molecular complexity index is 1160. The third-order valence-corrected chi connectivity index (χ3v) is 4.60. The summed E-state index contributed by atoms with van der Waals surface area (Å²) in [5.41, 5.74) is 0.346. The van der Waals surface area contributed by atoms with Crippen LogP contribution >= 0.6 is 0 Å². The Labute approximate surface area is 139 Å². The van der Waals surface area contributed by atoms with E-state index in [-0.39, 0.29) is 22.9 Å². The Morgan fingerprint density at radius 1 is 1.40 bits per heavy atom. The lowest BCUT2D eigenvalue weighted by atomic mass is 10.2. The molecule has 5 rings (SSSR count). The topological polar surface area (TPSA) is 103 Å². The molecule has 0 saturated heterocycles. The Balaban J connectivity index is 1.81. The fourth-order valence-electron chi connectivity index (χ4n) is 3.04. The van der Waals surface area contributed by atoms with Gasteiger partial charge in [0.15, 0.2) is 5.82 Å². The van der Waals surface area contributed by atoms with Crippen LogP contribution in [0.15, 0.2) is 29.0 Å². The average molecular weight is 341 g/mol. The zero-order valence-electron chi connectivity index (χ0n) is 13.1. The number of para-hydroxylation sites is 1. The van der Waals surface area contributed by atoms with Crippen molar-refractivity contribution in [1.82, 2.24) is 19.5 Å². The molecule has 0 atom stereocenters. The fourth-order valence-corrected chi connectivity index (χ4v) is 3.04. The van der Waals surface area contributed by atoms with E-state index in [1.54, 1.807) is 17.4 Å². The van der Waals surface area contributed by atoms with Crippen LogP contribution in [0, 0.1) is 17.9 Å². The monoisotopic (exact) mass is 341 g/mol. The number of aryl methyl sites for hydroxylation is 1. The van der Waals surface area contributed by atoms with Gasteiger partial charge in [-0.2, -0.15) is 14.1 Å². The van der Waals surface area contributed by atoms with Crippen LogP contribution in [0.1, 0.15) is 24.4 Å². The number of aliphatic hydroxyl groups is 1. The minimum Gasteiger partial charge on any atom is -0.618 e. The van der Waals surface area contributed by atoms with Gasteiger partial charge >= 0.3 is 0 Å². The lowest BCUT2D eigenvalue weighted by Gasteiger charge is -2.08. The van der Waals surface area contributed by atoms with Gasteiger partial charge in [-0.1, -0.05) is 11.2 Å². The van der Waals surface area contributed by atoms with E-state index in [0.717, 1.165) is 0 Å². The first-order chi connectivity index (χ1) is 12.0. The van der Waals surface area contributed by atoms with Crippen LogP contribution < -0.4 is 4.73 Å². The second-order valence-electron chi connectivity index (χ2n) is 6.25. The van der Waals surface area contributed by atoms with Crippen LogP contribution in [0.3, 0.4) is 0 Å². The highest BCUT2D eigenvalue weighted by Crippen LogP contribution is 2.44.